The molecule has 0 atom stereocenters. The first kappa shape index (κ1) is 20.7. The monoisotopic (exact) mass is 381 g/mol. The van der Waals surface area contributed by atoms with Gasteiger partial charge in [0, 0.05) is 24.8 Å². The van der Waals surface area contributed by atoms with E-state index in [9.17, 15) is 13.2 Å². The fraction of sp³-hybridized carbons (Fsp3) is 0.632. The number of anilines is 1. The third-order valence-corrected chi connectivity index (χ3v) is 6.93. The predicted octanol–water partition coefficient (Wildman–Crippen LogP) is 2.97. The maximum Gasteiger partial charge on any atom is 0.243 e. The molecule has 0 radical (unpaired) electrons. The van der Waals surface area contributed by atoms with Crippen LogP contribution >= 0.6 is 0 Å². The Bertz CT molecular complexity index is 662. The fourth-order valence-corrected chi connectivity index (χ4v) is 4.80. The van der Waals surface area contributed by atoms with Gasteiger partial charge >= 0.3 is 0 Å². The van der Waals surface area contributed by atoms with Gasteiger partial charge in [-0.15, -0.1) is 0 Å². The molecule has 0 bridgehead atoms. The molecule has 146 valence electrons. The number of hydrogen-bond acceptors (Lipinski definition) is 4. The molecule has 1 aromatic rings. The molecule has 0 spiro atoms. The lowest BCUT2D eigenvalue weighted by atomic mass is 10.1. The molecule has 6 nitrogen and oxygen atoms in total. The number of rotatable bonds is 8. The highest BCUT2D eigenvalue weighted by molar-refractivity contribution is 7.89. The van der Waals surface area contributed by atoms with Crippen molar-refractivity contribution in [3.63, 3.8) is 0 Å². The third kappa shape index (κ3) is 5.71. The molecule has 1 aliphatic rings. The molecular weight excluding hydrogens is 350 g/mol. The number of carbonyl (C=O) groups is 1. The molecule has 2 rings (SSSR count). The molecule has 1 amide bonds. The van der Waals surface area contributed by atoms with Gasteiger partial charge in [0.1, 0.15) is 0 Å². The fourth-order valence-electron chi connectivity index (χ4n) is 3.34. The van der Waals surface area contributed by atoms with Crippen LogP contribution in [0.4, 0.5) is 5.69 Å². The minimum Gasteiger partial charge on any atom is -0.376 e. The van der Waals surface area contributed by atoms with Gasteiger partial charge in [0.2, 0.25) is 15.9 Å². The van der Waals surface area contributed by atoms with Gasteiger partial charge in [-0.25, -0.2) is 8.42 Å². The van der Waals surface area contributed by atoms with Crippen LogP contribution in [-0.4, -0.2) is 44.3 Å². The van der Waals surface area contributed by atoms with Gasteiger partial charge in [0.25, 0.3) is 0 Å². The Kier molecular flexibility index (Phi) is 7.90. The first-order chi connectivity index (χ1) is 12.5. The summed E-state index contributed by atoms with van der Waals surface area (Å²) in [7, 11) is -3.45. The van der Waals surface area contributed by atoms with Gasteiger partial charge in [0.05, 0.1) is 11.4 Å². The average molecular weight is 382 g/mol. The summed E-state index contributed by atoms with van der Waals surface area (Å²) in [5.74, 6) is -0.0169. The summed E-state index contributed by atoms with van der Waals surface area (Å²) in [6.45, 7) is 4.73. The summed E-state index contributed by atoms with van der Waals surface area (Å²) in [6.07, 6.45) is 7.00. The molecule has 1 aromatic carbocycles. The Balaban J connectivity index is 1.87. The van der Waals surface area contributed by atoms with Crippen LogP contribution in [0.25, 0.3) is 0 Å². The highest BCUT2D eigenvalue weighted by Crippen LogP contribution is 2.19. The third-order valence-electron chi connectivity index (χ3n) is 4.87. The number of hydrogen-bond donors (Lipinski definition) is 2. The van der Waals surface area contributed by atoms with E-state index in [-0.39, 0.29) is 23.4 Å². The molecule has 1 saturated carbocycles. The van der Waals surface area contributed by atoms with Crippen LogP contribution in [0.2, 0.25) is 0 Å². The number of nitrogens with zero attached hydrogens (tertiary/aromatic N) is 1. The van der Waals surface area contributed by atoms with Gasteiger partial charge in [-0.05, 0) is 37.1 Å². The number of nitrogens with one attached hydrogen (secondary N) is 2. The first-order valence-electron chi connectivity index (χ1n) is 9.60. The van der Waals surface area contributed by atoms with E-state index in [4.69, 9.17) is 0 Å². The highest BCUT2D eigenvalue weighted by atomic mass is 32.2. The second-order valence-electron chi connectivity index (χ2n) is 6.72. The van der Waals surface area contributed by atoms with Crippen LogP contribution in [-0.2, 0) is 14.8 Å². The molecule has 1 aliphatic carbocycles. The molecule has 0 aromatic heterocycles. The molecule has 1 fully saturated rings. The van der Waals surface area contributed by atoms with Crippen molar-refractivity contribution in [1.82, 2.24) is 9.62 Å². The van der Waals surface area contributed by atoms with Crippen LogP contribution in [0.1, 0.15) is 52.4 Å². The van der Waals surface area contributed by atoms with E-state index in [0.29, 0.717) is 13.1 Å². The smallest absolute Gasteiger partial charge is 0.243 e. The average Bonchev–Trinajstić information content (AvgIpc) is 2.90. The number of benzene rings is 1. The maximum atomic E-state index is 12.5. The SMILES string of the molecule is CCN(CC)S(=O)(=O)c1ccc(NCC(=O)NC2CCCCCC2)cc1. The molecule has 0 saturated heterocycles. The zero-order valence-corrected chi connectivity index (χ0v) is 16.6. The molecule has 7 heteroatoms. The number of carbonyl (C=O) groups excluding carboxylic acids is 1. The van der Waals surface area contributed by atoms with Crippen molar-refractivity contribution >= 4 is 21.6 Å². The van der Waals surface area contributed by atoms with Crippen molar-refractivity contribution in [2.45, 2.75) is 63.3 Å². The molecule has 0 unspecified atom stereocenters. The van der Waals surface area contributed by atoms with Crippen LogP contribution in [0.5, 0.6) is 0 Å². The lowest BCUT2D eigenvalue weighted by Gasteiger charge is -2.19. The Morgan fingerprint density at radius 1 is 1.04 bits per heavy atom. The van der Waals surface area contributed by atoms with Crippen LogP contribution in [0.3, 0.4) is 0 Å². The lowest BCUT2D eigenvalue weighted by molar-refractivity contribution is -0.120. The number of amides is 1. The van der Waals surface area contributed by atoms with Crippen LogP contribution < -0.4 is 10.6 Å². The Labute approximate surface area is 157 Å². The normalized spacial score (nSPS) is 16.3. The van der Waals surface area contributed by atoms with Gasteiger partial charge < -0.3 is 10.6 Å². The van der Waals surface area contributed by atoms with E-state index in [2.05, 4.69) is 10.6 Å². The quantitative estimate of drug-likeness (QED) is 0.679. The largest absolute Gasteiger partial charge is 0.376 e. The highest BCUT2D eigenvalue weighted by Gasteiger charge is 2.21. The topological polar surface area (TPSA) is 78.5 Å². The summed E-state index contributed by atoms with van der Waals surface area (Å²) >= 11 is 0. The summed E-state index contributed by atoms with van der Waals surface area (Å²) in [6, 6.07) is 6.86. The van der Waals surface area contributed by atoms with Gasteiger partial charge in [0.15, 0.2) is 0 Å². The van der Waals surface area contributed by atoms with E-state index in [1.165, 1.54) is 30.0 Å². The van der Waals surface area contributed by atoms with Gasteiger partial charge in [-0.2, -0.15) is 4.31 Å². The zero-order valence-electron chi connectivity index (χ0n) is 15.8. The second-order valence-corrected chi connectivity index (χ2v) is 8.66. The van der Waals surface area contributed by atoms with Crippen molar-refractivity contribution in [2.24, 2.45) is 0 Å². The summed E-state index contributed by atoms with van der Waals surface area (Å²) < 4.78 is 26.4. The molecule has 2 N–H and O–H groups in total. The van der Waals surface area contributed by atoms with E-state index in [1.807, 2.05) is 13.8 Å². The summed E-state index contributed by atoms with van der Waals surface area (Å²) in [4.78, 5) is 12.4. The van der Waals surface area contributed by atoms with Crippen LogP contribution in [0, 0.1) is 0 Å². The van der Waals surface area contributed by atoms with E-state index in [0.717, 1.165) is 18.5 Å². The van der Waals surface area contributed by atoms with Gasteiger partial charge in [-0.1, -0.05) is 39.5 Å². The standard InChI is InChI=1S/C19H31N3O3S/c1-3-22(4-2)26(24,25)18-13-11-16(12-14-18)20-15-19(23)21-17-9-7-5-6-8-10-17/h11-14,17,20H,3-10,15H2,1-2H3,(H,21,23). The minimum absolute atomic E-state index is 0.0169. The van der Waals surface area contributed by atoms with E-state index in [1.54, 1.807) is 24.3 Å². The molecule has 0 aliphatic heterocycles. The first-order valence-corrected chi connectivity index (χ1v) is 11.0. The van der Waals surface area contributed by atoms with E-state index < -0.39 is 10.0 Å². The molecular formula is C19H31N3O3S. The maximum absolute atomic E-state index is 12.5. The minimum atomic E-state index is -3.45. The van der Waals surface area contributed by atoms with Crippen molar-refractivity contribution in [1.29, 1.82) is 0 Å². The molecule has 0 heterocycles. The van der Waals surface area contributed by atoms with Crippen molar-refractivity contribution in [3.05, 3.63) is 24.3 Å². The lowest BCUT2D eigenvalue weighted by Crippen LogP contribution is -2.38. The summed E-state index contributed by atoms with van der Waals surface area (Å²) in [5, 5.41) is 6.16. The number of sulfonamides is 1. The molecule has 26 heavy (non-hydrogen) atoms. The second kappa shape index (κ2) is 9.92. The van der Waals surface area contributed by atoms with Crippen molar-refractivity contribution in [3.8, 4) is 0 Å². The van der Waals surface area contributed by atoms with E-state index >= 15 is 0 Å². The van der Waals surface area contributed by atoms with Gasteiger partial charge in [-0.3, -0.25) is 4.79 Å². The van der Waals surface area contributed by atoms with Crippen LogP contribution in [0.15, 0.2) is 29.2 Å². The Hall–Kier alpha value is -1.60. The van der Waals surface area contributed by atoms with Crippen molar-refractivity contribution < 1.29 is 13.2 Å². The zero-order chi connectivity index (χ0) is 19.0. The Morgan fingerprint density at radius 2 is 1.62 bits per heavy atom. The Morgan fingerprint density at radius 3 is 2.15 bits per heavy atom. The van der Waals surface area contributed by atoms with Crippen molar-refractivity contribution in [2.75, 3.05) is 25.0 Å². The summed E-state index contributed by atoms with van der Waals surface area (Å²) in [5.41, 5.74) is 0.736. The predicted molar refractivity (Wildman–Crippen MR) is 105 cm³/mol.